The number of nitrogens with one attached hydrogen (secondary N) is 1. The van der Waals surface area contributed by atoms with Crippen molar-refractivity contribution in [2.24, 2.45) is 11.8 Å². The average molecular weight is 173 g/mol. The summed E-state index contributed by atoms with van der Waals surface area (Å²) in [6, 6.07) is 0. The van der Waals surface area contributed by atoms with Gasteiger partial charge in [-0.15, -0.1) is 0 Å². The molecule has 0 unspecified atom stereocenters. The van der Waals surface area contributed by atoms with Crippen molar-refractivity contribution >= 4 is 11.9 Å². The normalized spacial score (nSPS) is 29.7. The van der Waals surface area contributed by atoms with Crippen LogP contribution < -0.4 is 5.32 Å². The maximum atomic E-state index is 10.6. The Morgan fingerprint density at radius 1 is 1.17 bits per heavy atom. The second kappa shape index (κ2) is 3.53. The van der Waals surface area contributed by atoms with Crippen molar-refractivity contribution in [2.75, 3.05) is 13.1 Å². The minimum Gasteiger partial charge on any atom is -0.481 e. The Bertz CT molecular complexity index is 182. The smallest absolute Gasteiger partial charge is 0.308 e. The van der Waals surface area contributed by atoms with E-state index in [1.807, 2.05) is 0 Å². The van der Waals surface area contributed by atoms with Gasteiger partial charge in [-0.3, -0.25) is 9.59 Å². The van der Waals surface area contributed by atoms with Crippen molar-refractivity contribution in [2.45, 2.75) is 6.42 Å². The lowest BCUT2D eigenvalue weighted by molar-refractivity contribution is -0.154. The molecule has 1 rings (SSSR count). The van der Waals surface area contributed by atoms with E-state index in [0.717, 1.165) is 0 Å². The van der Waals surface area contributed by atoms with E-state index in [4.69, 9.17) is 10.2 Å². The monoisotopic (exact) mass is 173 g/mol. The highest BCUT2D eigenvalue weighted by molar-refractivity contribution is 5.80. The molecule has 12 heavy (non-hydrogen) atoms. The van der Waals surface area contributed by atoms with Crippen LogP contribution in [0.4, 0.5) is 0 Å². The molecule has 5 nitrogen and oxygen atoms in total. The SMILES string of the molecule is O=C(O)[C@@H]1CCNC[C@H]1C(=O)O. The molecule has 0 aromatic heterocycles. The second-order valence-corrected chi connectivity index (χ2v) is 2.88. The molecule has 0 radical (unpaired) electrons. The minimum absolute atomic E-state index is 0.256. The summed E-state index contributed by atoms with van der Waals surface area (Å²) in [7, 11) is 0. The molecule has 2 atom stereocenters. The Balaban J connectivity index is 2.67. The van der Waals surface area contributed by atoms with E-state index in [2.05, 4.69) is 5.32 Å². The molecule has 1 saturated heterocycles. The van der Waals surface area contributed by atoms with Gasteiger partial charge < -0.3 is 15.5 Å². The van der Waals surface area contributed by atoms with Crippen molar-refractivity contribution in [3.05, 3.63) is 0 Å². The lowest BCUT2D eigenvalue weighted by Crippen LogP contribution is -2.43. The van der Waals surface area contributed by atoms with E-state index in [1.165, 1.54) is 0 Å². The van der Waals surface area contributed by atoms with Crippen LogP contribution in [0.2, 0.25) is 0 Å². The number of carboxylic acid groups (broad SMARTS) is 2. The maximum absolute atomic E-state index is 10.6. The van der Waals surface area contributed by atoms with Crippen molar-refractivity contribution in [1.82, 2.24) is 5.32 Å². The number of hydrogen-bond donors (Lipinski definition) is 3. The van der Waals surface area contributed by atoms with E-state index < -0.39 is 23.8 Å². The van der Waals surface area contributed by atoms with E-state index in [-0.39, 0.29) is 6.54 Å². The molecule has 1 aliphatic heterocycles. The van der Waals surface area contributed by atoms with Gasteiger partial charge in [0.05, 0.1) is 11.8 Å². The third kappa shape index (κ3) is 1.73. The third-order valence-corrected chi connectivity index (χ3v) is 2.12. The standard InChI is InChI=1S/C7H11NO4/c9-6(10)4-1-2-8-3-5(4)7(11)12/h4-5,8H,1-3H2,(H,9,10)(H,11,12)/t4-,5-/m1/s1. The molecule has 3 N–H and O–H groups in total. The van der Waals surface area contributed by atoms with Gasteiger partial charge in [0.1, 0.15) is 0 Å². The summed E-state index contributed by atoms with van der Waals surface area (Å²) < 4.78 is 0. The number of piperidine rings is 1. The van der Waals surface area contributed by atoms with Gasteiger partial charge in [0, 0.05) is 6.54 Å². The van der Waals surface area contributed by atoms with Crippen LogP contribution in [0.1, 0.15) is 6.42 Å². The van der Waals surface area contributed by atoms with Gasteiger partial charge in [-0.2, -0.15) is 0 Å². The number of carboxylic acids is 2. The summed E-state index contributed by atoms with van der Waals surface area (Å²) in [5, 5.41) is 20.2. The fourth-order valence-electron chi connectivity index (χ4n) is 1.41. The van der Waals surface area contributed by atoms with Crippen LogP contribution in [-0.2, 0) is 9.59 Å². The van der Waals surface area contributed by atoms with Gasteiger partial charge in [0.15, 0.2) is 0 Å². The summed E-state index contributed by atoms with van der Waals surface area (Å²) in [6.07, 6.45) is 0.395. The van der Waals surface area contributed by atoms with Crippen LogP contribution in [0, 0.1) is 11.8 Å². The van der Waals surface area contributed by atoms with Crippen LogP contribution in [0.3, 0.4) is 0 Å². The Morgan fingerprint density at radius 2 is 1.75 bits per heavy atom. The Labute approximate surface area is 69.4 Å². The summed E-state index contributed by atoms with van der Waals surface area (Å²) in [5.41, 5.74) is 0. The third-order valence-electron chi connectivity index (χ3n) is 2.12. The van der Waals surface area contributed by atoms with Crippen molar-refractivity contribution < 1.29 is 19.8 Å². The van der Waals surface area contributed by atoms with Gasteiger partial charge in [-0.1, -0.05) is 0 Å². The highest BCUT2D eigenvalue weighted by Gasteiger charge is 2.35. The van der Waals surface area contributed by atoms with Crippen molar-refractivity contribution in [3.63, 3.8) is 0 Å². The van der Waals surface area contributed by atoms with Gasteiger partial charge in [-0.25, -0.2) is 0 Å². The van der Waals surface area contributed by atoms with E-state index >= 15 is 0 Å². The molecule has 0 aromatic carbocycles. The molecule has 1 aliphatic rings. The van der Waals surface area contributed by atoms with Crippen LogP contribution in [-0.4, -0.2) is 35.2 Å². The summed E-state index contributed by atoms with van der Waals surface area (Å²) in [5.74, 6) is -3.56. The molecule has 0 aromatic rings. The maximum Gasteiger partial charge on any atom is 0.308 e. The van der Waals surface area contributed by atoms with Crippen LogP contribution >= 0.6 is 0 Å². The van der Waals surface area contributed by atoms with Gasteiger partial charge >= 0.3 is 11.9 Å². The van der Waals surface area contributed by atoms with Gasteiger partial charge in [-0.05, 0) is 13.0 Å². The Morgan fingerprint density at radius 3 is 2.17 bits per heavy atom. The number of aliphatic carboxylic acids is 2. The Kier molecular flexibility index (Phi) is 2.65. The zero-order valence-corrected chi connectivity index (χ0v) is 6.49. The molecule has 5 heteroatoms. The number of hydrogen-bond acceptors (Lipinski definition) is 3. The lowest BCUT2D eigenvalue weighted by Gasteiger charge is -2.25. The fourth-order valence-corrected chi connectivity index (χ4v) is 1.41. The first kappa shape index (κ1) is 8.99. The predicted octanol–water partition coefficient (Wildman–Crippen LogP) is -0.619. The van der Waals surface area contributed by atoms with Crippen LogP contribution in [0.5, 0.6) is 0 Å². The first-order chi connectivity index (χ1) is 5.63. The van der Waals surface area contributed by atoms with Gasteiger partial charge in [0.25, 0.3) is 0 Å². The van der Waals surface area contributed by atoms with Gasteiger partial charge in [0.2, 0.25) is 0 Å². The lowest BCUT2D eigenvalue weighted by atomic mass is 9.87. The summed E-state index contributed by atoms with van der Waals surface area (Å²) >= 11 is 0. The quantitative estimate of drug-likeness (QED) is 0.518. The molecule has 1 fully saturated rings. The largest absolute Gasteiger partial charge is 0.481 e. The van der Waals surface area contributed by atoms with E-state index in [1.54, 1.807) is 0 Å². The zero-order valence-electron chi connectivity index (χ0n) is 6.49. The fraction of sp³-hybridized carbons (Fsp3) is 0.714. The number of carbonyl (C=O) groups is 2. The average Bonchev–Trinajstić information content (AvgIpc) is 2.04. The molecule has 0 saturated carbocycles. The topological polar surface area (TPSA) is 86.6 Å². The molecule has 0 spiro atoms. The summed E-state index contributed by atoms with van der Waals surface area (Å²) in [4.78, 5) is 21.1. The zero-order chi connectivity index (χ0) is 9.14. The molecule has 0 amide bonds. The van der Waals surface area contributed by atoms with E-state index in [9.17, 15) is 9.59 Å². The number of rotatable bonds is 2. The first-order valence-electron chi connectivity index (χ1n) is 3.79. The van der Waals surface area contributed by atoms with Crippen molar-refractivity contribution in [1.29, 1.82) is 0 Å². The molecular formula is C7H11NO4. The minimum atomic E-state index is -1.03. The van der Waals surface area contributed by atoms with Crippen LogP contribution in [0.15, 0.2) is 0 Å². The molecular weight excluding hydrogens is 162 g/mol. The molecule has 1 heterocycles. The molecule has 68 valence electrons. The van der Waals surface area contributed by atoms with E-state index in [0.29, 0.717) is 13.0 Å². The summed E-state index contributed by atoms with van der Waals surface area (Å²) in [6.45, 7) is 0.840. The highest BCUT2D eigenvalue weighted by Crippen LogP contribution is 2.19. The highest BCUT2D eigenvalue weighted by atomic mass is 16.4. The Hall–Kier alpha value is -1.10. The molecule has 0 aliphatic carbocycles. The second-order valence-electron chi connectivity index (χ2n) is 2.88. The van der Waals surface area contributed by atoms with Crippen molar-refractivity contribution in [3.8, 4) is 0 Å². The first-order valence-corrected chi connectivity index (χ1v) is 3.79. The predicted molar refractivity (Wildman–Crippen MR) is 39.7 cm³/mol. The van der Waals surface area contributed by atoms with Crippen LogP contribution in [0.25, 0.3) is 0 Å². The molecule has 0 bridgehead atoms.